The molecule has 1 rings (SSSR count). The van der Waals surface area contributed by atoms with E-state index in [0.29, 0.717) is 0 Å². The molecule has 1 heterocycles. The van der Waals surface area contributed by atoms with E-state index in [2.05, 4.69) is 25.3 Å². The summed E-state index contributed by atoms with van der Waals surface area (Å²) in [5.41, 5.74) is 0. The Morgan fingerprint density at radius 2 is 2.00 bits per heavy atom. The van der Waals surface area contributed by atoms with Gasteiger partial charge in [-0.15, -0.1) is 25.3 Å². The first-order valence-corrected chi connectivity index (χ1v) is 4.53. The largest absolute Gasteiger partial charge is 0.156 e. The number of hydrogen-bond acceptors (Lipinski definition) is 3. The molecule has 0 saturated carbocycles. The Balaban J connectivity index is 2.60. The molecule has 46 valence electrons. The lowest BCUT2D eigenvalue weighted by molar-refractivity contribution is 1.19. The zero-order valence-corrected chi connectivity index (χ0v) is 7.03. The first-order valence-electron chi connectivity index (χ1n) is 2.48. The van der Waals surface area contributed by atoms with Crippen LogP contribution in [0.4, 0.5) is 0 Å². The van der Waals surface area contributed by atoms with Crippen molar-refractivity contribution in [2.24, 2.45) is 0 Å². The lowest BCUT2D eigenvalue weighted by atomic mass is 10.4. The van der Waals surface area contributed by atoms with E-state index < -0.39 is 0 Å². The Labute approximate surface area is 64.9 Å². The molecule has 0 aromatic heterocycles. The minimum atomic E-state index is 1.06. The number of thioether (sulfide) groups is 1. The van der Waals surface area contributed by atoms with Crippen LogP contribution < -0.4 is 0 Å². The molecule has 0 aromatic rings. The first kappa shape index (κ1) is 6.90. The van der Waals surface area contributed by atoms with Gasteiger partial charge in [0.1, 0.15) is 0 Å². The minimum absolute atomic E-state index is 1.06. The van der Waals surface area contributed by atoms with Gasteiger partial charge in [-0.3, -0.25) is 0 Å². The van der Waals surface area contributed by atoms with Crippen molar-refractivity contribution in [3.63, 3.8) is 0 Å². The molecule has 1 aliphatic heterocycles. The van der Waals surface area contributed by atoms with E-state index in [1.54, 1.807) is 0 Å². The zero-order chi connectivity index (χ0) is 5.98. The first-order chi connectivity index (χ1) is 3.80. The summed E-state index contributed by atoms with van der Waals surface area (Å²) in [6.45, 7) is 0. The SMILES string of the molecule is SC1=C(S)CSCC1. The van der Waals surface area contributed by atoms with Gasteiger partial charge in [0.25, 0.3) is 0 Å². The van der Waals surface area contributed by atoms with Crippen LogP contribution in [0.5, 0.6) is 0 Å². The molecule has 8 heavy (non-hydrogen) atoms. The van der Waals surface area contributed by atoms with Gasteiger partial charge in [0, 0.05) is 10.7 Å². The van der Waals surface area contributed by atoms with E-state index in [0.717, 1.165) is 17.1 Å². The molecule has 0 saturated heterocycles. The van der Waals surface area contributed by atoms with Crippen LogP contribution in [-0.2, 0) is 0 Å². The molecular formula is C5H8S3. The molecule has 0 aliphatic carbocycles. The molecule has 0 N–H and O–H groups in total. The van der Waals surface area contributed by atoms with Gasteiger partial charge in [-0.25, -0.2) is 0 Å². The maximum absolute atomic E-state index is 4.25. The Morgan fingerprint density at radius 3 is 2.38 bits per heavy atom. The third-order valence-corrected chi connectivity index (χ3v) is 3.35. The lowest BCUT2D eigenvalue weighted by Crippen LogP contribution is -1.94. The van der Waals surface area contributed by atoms with E-state index >= 15 is 0 Å². The van der Waals surface area contributed by atoms with E-state index in [-0.39, 0.29) is 0 Å². The lowest BCUT2D eigenvalue weighted by Gasteiger charge is -2.10. The van der Waals surface area contributed by atoms with Crippen LogP contribution in [-0.4, -0.2) is 11.5 Å². The molecule has 0 radical (unpaired) electrons. The van der Waals surface area contributed by atoms with Gasteiger partial charge in [0.15, 0.2) is 0 Å². The van der Waals surface area contributed by atoms with Crippen LogP contribution in [0.15, 0.2) is 9.81 Å². The average molecular weight is 164 g/mol. The highest BCUT2D eigenvalue weighted by Crippen LogP contribution is 2.27. The molecule has 0 nitrogen and oxygen atoms in total. The Kier molecular flexibility index (Phi) is 2.66. The maximum atomic E-state index is 4.25. The molecule has 3 heteroatoms. The van der Waals surface area contributed by atoms with Gasteiger partial charge in [-0.1, -0.05) is 0 Å². The van der Waals surface area contributed by atoms with Gasteiger partial charge in [0.05, 0.1) is 0 Å². The molecule has 0 amide bonds. The van der Waals surface area contributed by atoms with Crippen LogP contribution >= 0.6 is 37.0 Å². The molecule has 0 aromatic carbocycles. The second-order valence-electron chi connectivity index (χ2n) is 1.70. The summed E-state index contributed by atoms with van der Waals surface area (Å²) >= 11 is 10.4. The smallest absolute Gasteiger partial charge is 0.0249 e. The third-order valence-electron chi connectivity index (χ3n) is 1.06. The molecule has 0 atom stereocenters. The summed E-state index contributed by atoms with van der Waals surface area (Å²) in [6, 6.07) is 0. The van der Waals surface area contributed by atoms with Crippen molar-refractivity contribution in [2.75, 3.05) is 11.5 Å². The Hall–Kier alpha value is 0.790. The molecule has 0 fully saturated rings. The van der Waals surface area contributed by atoms with Crippen molar-refractivity contribution in [2.45, 2.75) is 6.42 Å². The summed E-state index contributed by atoms with van der Waals surface area (Å²) in [6.07, 6.45) is 1.10. The predicted octanol–water partition coefficient (Wildman–Crippen LogP) is 2.19. The van der Waals surface area contributed by atoms with E-state index in [1.165, 1.54) is 10.7 Å². The summed E-state index contributed by atoms with van der Waals surface area (Å²) in [5.74, 6) is 2.27. The van der Waals surface area contributed by atoms with Crippen molar-refractivity contribution in [3.05, 3.63) is 9.81 Å². The van der Waals surface area contributed by atoms with Crippen molar-refractivity contribution >= 4 is 37.0 Å². The number of thiol groups is 2. The molecule has 0 unspecified atom stereocenters. The normalized spacial score (nSPS) is 21.8. The fraction of sp³-hybridized carbons (Fsp3) is 0.600. The Morgan fingerprint density at radius 1 is 1.25 bits per heavy atom. The topological polar surface area (TPSA) is 0 Å². The van der Waals surface area contributed by atoms with Gasteiger partial charge in [-0.2, -0.15) is 11.8 Å². The van der Waals surface area contributed by atoms with Crippen molar-refractivity contribution in [1.82, 2.24) is 0 Å². The summed E-state index contributed by atoms with van der Waals surface area (Å²) in [5, 5.41) is 0. The van der Waals surface area contributed by atoms with Gasteiger partial charge in [-0.05, 0) is 17.1 Å². The van der Waals surface area contributed by atoms with Crippen LogP contribution in [0.2, 0.25) is 0 Å². The number of allylic oxidation sites excluding steroid dienone is 1. The van der Waals surface area contributed by atoms with Crippen molar-refractivity contribution in [1.29, 1.82) is 0 Å². The van der Waals surface area contributed by atoms with Crippen LogP contribution in [0.3, 0.4) is 0 Å². The molecule has 0 bridgehead atoms. The van der Waals surface area contributed by atoms with Crippen LogP contribution in [0.1, 0.15) is 6.42 Å². The molecule has 1 aliphatic rings. The van der Waals surface area contributed by atoms with E-state index in [1.807, 2.05) is 11.8 Å². The number of hydrogen-bond donors (Lipinski definition) is 2. The highest BCUT2D eigenvalue weighted by Gasteiger charge is 2.04. The third kappa shape index (κ3) is 1.64. The van der Waals surface area contributed by atoms with Crippen LogP contribution in [0.25, 0.3) is 0 Å². The van der Waals surface area contributed by atoms with Crippen molar-refractivity contribution in [3.8, 4) is 0 Å². The predicted molar refractivity (Wildman–Crippen MR) is 46.9 cm³/mol. The van der Waals surface area contributed by atoms with Gasteiger partial charge < -0.3 is 0 Å². The highest BCUT2D eigenvalue weighted by molar-refractivity contribution is 8.01. The monoisotopic (exact) mass is 164 g/mol. The average Bonchev–Trinajstić information content (AvgIpc) is 1.77. The molecular weight excluding hydrogens is 156 g/mol. The minimum Gasteiger partial charge on any atom is -0.156 e. The van der Waals surface area contributed by atoms with Gasteiger partial charge in [0.2, 0.25) is 0 Å². The number of rotatable bonds is 0. The summed E-state index contributed by atoms with van der Waals surface area (Å²) in [7, 11) is 0. The highest BCUT2D eigenvalue weighted by atomic mass is 32.2. The second kappa shape index (κ2) is 3.08. The standard InChI is InChI=1S/C5H8S3/c6-4-1-2-8-3-5(4)7/h6-7H,1-3H2. The zero-order valence-electron chi connectivity index (χ0n) is 4.42. The quantitative estimate of drug-likeness (QED) is 0.518. The summed E-state index contributed by atoms with van der Waals surface area (Å²) < 4.78 is 0. The van der Waals surface area contributed by atoms with E-state index in [4.69, 9.17) is 0 Å². The summed E-state index contributed by atoms with van der Waals surface area (Å²) in [4.78, 5) is 2.33. The van der Waals surface area contributed by atoms with Gasteiger partial charge >= 0.3 is 0 Å². The van der Waals surface area contributed by atoms with Crippen molar-refractivity contribution < 1.29 is 0 Å². The van der Waals surface area contributed by atoms with E-state index in [9.17, 15) is 0 Å². The fourth-order valence-electron chi connectivity index (χ4n) is 0.565. The second-order valence-corrected chi connectivity index (χ2v) is 3.88. The fourth-order valence-corrected chi connectivity index (χ4v) is 2.26. The molecule has 0 spiro atoms. The maximum Gasteiger partial charge on any atom is 0.0249 e. The Bertz CT molecular complexity index is 103. The van der Waals surface area contributed by atoms with Crippen LogP contribution in [0, 0.1) is 0 Å².